The average molecular weight is 721 g/mol. The highest BCUT2D eigenvalue weighted by atomic mass is 16.7. The highest BCUT2D eigenvalue weighted by molar-refractivity contribution is 5.73. The van der Waals surface area contributed by atoms with Crippen LogP contribution in [-0.4, -0.2) is 147 Å². The Labute approximate surface area is 298 Å². The summed E-state index contributed by atoms with van der Waals surface area (Å²) in [5, 5.41) is 57.4. The maximum absolute atomic E-state index is 14.1. The lowest BCUT2D eigenvalue weighted by atomic mass is 9.77. The van der Waals surface area contributed by atoms with Crippen LogP contribution >= 0.6 is 0 Å². The fourth-order valence-corrected chi connectivity index (χ4v) is 8.28. The third kappa shape index (κ3) is 9.55. The van der Waals surface area contributed by atoms with Gasteiger partial charge in [-0.3, -0.25) is 4.79 Å². The minimum atomic E-state index is -1.80. The number of aliphatic hydroxyl groups is 5. The van der Waals surface area contributed by atoms with Crippen LogP contribution in [0.2, 0.25) is 0 Å². The molecule has 0 radical (unpaired) electrons. The standard InChI is InChI=1S/C36H68N2O12/c1-13-25-36(10,44)29(40)22(6)38(11)17-18(2)15-34(8,43)31(50-33-27(39)24(37)14-19(3)46-33)20(4)28(21(5)32(42)48-25)49-26-16-35(9,45-12)30(41)23(7)47-26/h18-31,33,39-41,43-44H,13-17,37H2,1-12H3/t18-,19+,20+,21+,22+,23-,24-,25-,26+,27+,28+,29+,30+,31-,33-,34+,35-,36+/m0/s1. The third-order valence-electron chi connectivity index (χ3n) is 11.6. The number of cyclic esters (lactones) is 1. The van der Waals surface area contributed by atoms with Gasteiger partial charge in [0.15, 0.2) is 12.6 Å². The van der Waals surface area contributed by atoms with Gasteiger partial charge in [0.05, 0.1) is 41.5 Å². The van der Waals surface area contributed by atoms with Crippen LogP contribution < -0.4 is 5.73 Å². The predicted molar refractivity (Wildman–Crippen MR) is 185 cm³/mol. The summed E-state index contributed by atoms with van der Waals surface area (Å²) in [5.74, 6) is -2.64. The first-order valence-electron chi connectivity index (χ1n) is 18.3. The van der Waals surface area contributed by atoms with Crippen molar-refractivity contribution in [2.24, 2.45) is 23.5 Å². The average Bonchev–Trinajstić information content (AvgIpc) is 3.03. The van der Waals surface area contributed by atoms with E-state index in [4.69, 9.17) is 34.2 Å². The summed E-state index contributed by atoms with van der Waals surface area (Å²) >= 11 is 0. The van der Waals surface area contributed by atoms with E-state index < -0.39 is 102 Å². The zero-order chi connectivity index (χ0) is 38.1. The second-order valence-electron chi connectivity index (χ2n) is 16.3. The summed E-state index contributed by atoms with van der Waals surface area (Å²) in [7, 11) is 3.32. The van der Waals surface area contributed by atoms with Gasteiger partial charge in [-0.05, 0) is 80.7 Å². The molecule has 0 aromatic carbocycles. The summed E-state index contributed by atoms with van der Waals surface area (Å²) < 4.78 is 37.0. The summed E-state index contributed by atoms with van der Waals surface area (Å²) in [6, 6.07) is -1.17. The minimum absolute atomic E-state index is 0.123. The molecule has 0 unspecified atom stereocenters. The first-order chi connectivity index (χ1) is 23.0. The van der Waals surface area contributed by atoms with Crippen LogP contribution in [-0.2, 0) is 33.2 Å². The number of hydrogen-bond donors (Lipinski definition) is 6. The fraction of sp³-hybridized carbons (Fsp3) is 0.972. The van der Waals surface area contributed by atoms with Crippen LogP contribution in [0.4, 0.5) is 0 Å². The molecule has 0 bridgehead atoms. The normalized spacial score (nSPS) is 51.0. The van der Waals surface area contributed by atoms with Crippen molar-refractivity contribution in [2.45, 2.75) is 185 Å². The Morgan fingerprint density at radius 3 is 2.16 bits per heavy atom. The monoisotopic (exact) mass is 720 g/mol. The molecule has 3 heterocycles. The van der Waals surface area contributed by atoms with Gasteiger partial charge in [0, 0.05) is 38.1 Å². The number of rotatable bonds is 6. The molecular weight excluding hydrogens is 652 g/mol. The molecule has 3 aliphatic heterocycles. The number of likely N-dealkylation sites (N-methyl/N-ethyl adjacent to an activating group) is 1. The van der Waals surface area contributed by atoms with Crippen LogP contribution in [0.1, 0.15) is 94.9 Å². The molecule has 3 fully saturated rings. The Balaban J connectivity index is 2.16. The fourth-order valence-electron chi connectivity index (χ4n) is 8.28. The first kappa shape index (κ1) is 43.4. The van der Waals surface area contributed by atoms with Crippen molar-refractivity contribution in [1.29, 1.82) is 0 Å². The van der Waals surface area contributed by atoms with Crippen molar-refractivity contribution in [3.05, 3.63) is 0 Å². The Morgan fingerprint density at radius 1 is 0.960 bits per heavy atom. The molecule has 0 aromatic heterocycles. The number of esters is 1. The first-order valence-corrected chi connectivity index (χ1v) is 18.3. The van der Waals surface area contributed by atoms with E-state index in [-0.39, 0.29) is 31.3 Å². The number of hydrogen-bond acceptors (Lipinski definition) is 14. The van der Waals surface area contributed by atoms with E-state index in [1.807, 2.05) is 25.8 Å². The predicted octanol–water partition coefficient (Wildman–Crippen LogP) is 1.30. The molecule has 3 aliphatic rings. The zero-order valence-corrected chi connectivity index (χ0v) is 32.3. The van der Waals surface area contributed by atoms with E-state index in [1.54, 1.807) is 48.5 Å². The van der Waals surface area contributed by atoms with Crippen molar-refractivity contribution >= 4 is 5.97 Å². The molecule has 0 saturated carbocycles. The second kappa shape index (κ2) is 17.0. The highest BCUT2D eigenvalue weighted by Gasteiger charge is 2.52. The molecule has 14 nitrogen and oxygen atoms in total. The van der Waals surface area contributed by atoms with Gasteiger partial charge in [-0.15, -0.1) is 0 Å². The van der Waals surface area contributed by atoms with Crippen LogP contribution in [0.3, 0.4) is 0 Å². The quantitative estimate of drug-likeness (QED) is 0.214. The van der Waals surface area contributed by atoms with Gasteiger partial charge < -0.3 is 64.6 Å². The number of carbonyl (C=O) groups excluding carboxylic acids is 1. The molecule has 50 heavy (non-hydrogen) atoms. The Morgan fingerprint density at radius 2 is 1.58 bits per heavy atom. The number of carbonyl (C=O) groups is 1. The van der Waals surface area contributed by atoms with Crippen molar-refractivity contribution in [2.75, 3.05) is 20.7 Å². The van der Waals surface area contributed by atoms with Crippen molar-refractivity contribution in [1.82, 2.24) is 4.90 Å². The molecule has 18 atom stereocenters. The van der Waals surface area contributed by atoms with E-state index in [1.165, 1.54) is 14.0 Å². The van der Waals surface area contributed by atoms with Crippen LogP contribution in [0, 0.1) is 17.8 Å². The molecule has 14 heteroatoms. The van der Waals surface area contributed by atoms with Gasteiger partial charge >= 0.3 is 5.97 Å². The number of methoxy groups -OCH3 is 1. The topological polar surface area (TPSA) is 203 Å². The summed E-state index contributed by atoms with van der Waals surface area (Å²) in [6.45, 7) is 17.8. The zero-order valence-electron chi connectivity index (χ0n) is 32.3. The lowest BCUT2D eigenvalue weighted by Crippen LogP contribution is -2.60. The van der Waals surface area contributed by atoms with Crippen molar-refractivity contribution in [3.8, 4) is 0 Å². The Kier molecular flexibility index (Phi) is 14.7. The lowest BCUT2D eigenvalue weighted by molar-refractivity contribution is -0.315. The molecule has 294 valence electrons. The van der Waals surface area contributed by atoms with E-state index in [9.17, 15) is 30.3 Å². The van der Waals surface area contributed by atoms with Gasteiger partial charge in [-0.1, -0.05) is 20.8 Å². The molecule has 0 aromatic rings. The van der Waals surface area contributed by atoms with Crippen LogP contribution in [0.15, 0.2) is 0 Å². The molecule has 0 spiro atoms. The Bertz CT molecular complexity index is 1100. The van der Waals surface area contributed by atoms with Gasteiger partial charge in [-0.25, -0.2) is 0 Å². The van der Waals surface area contributed by atoms with E-state index in [0.717, 1.165) is 0 Å². The number of ether oxygens (including phenoxy) is 6. The lowest BCUT2D eigenvalue weighted by Gasteiger charge is -2.48. The molecule has 0 aliphatic carbocycles. The van der Waals surface area contributed by atoms with Gasteiger partial charge in [0.1, 0.15) is 30.0 Å². The number of aliphatic hydroxyl groups excluding tert-OH is 3. The van der Waals surface area contributed by atoms with Crippen LogP contribution in [0.25, 0.3) is 0 Å². The number of nitrogens with two attached hydrogens (primary N) is 1. The van der Waals surface area contributed by atoms with Crippen LogP contribution in [0.5, 0.6) is 0 Å². The van der Waals surface area contributed by atoms with E-state index in [0.29, 0.717) is 13.0 Å². The summed E-state index contributed by atoms with van der Waals surface area (Å²) in [6.07, 6.45) is -8.74. The van der Waals surface area contributed by atoms with E-state index in [2.05, 4.69) is 0 Å². The molecule has 7 N–H and O–H groups in total. The maximum Gasteiger partial charge on any atom is 0.311 e. The Hall–Kier alpha value is -1.01. The van der Waals surface area contributed by atoms with Gasteiger partial charge in [-0.2, -0.15) is 0 Å². The largest absolute Gasteiger partial charge is 0.459 e. The summed E-state index contributed by atoms with van der Waals surface area (Å²) in [5.41, 5.74) is 1.86. The van der Waals surface area contributed by atoms with Gasteiger partial charge in [0.25, 0.3) is 0 Å². The highest BCUT2D eigenvalue weighted by Crippen LogP contribution is 2.40. The SMILES string of the molecule is CC[C@@H]1OC(=O)[C@H](C)[C@H](O[C@@H]2C[C@](C)(OC)[C@H](O)[C@H](C)O2)[C@@H](C)[C@H](O[C@@H]2O[C@H](C)C[C@H](N)[C@H]2O)[C@](C)(O)C[C@H](C)CN(C)[C@H](C)[C@@H](O)[C@]1(C)O. The minimum Gasteiger partial charge on any atom is -0.459 e. The molecular formula is C36H68N2O12. The molecule has 0 amide bonds. The third-order valence-corrected chi connectivity index (χ3v) is 11.6. The molecule has 3 saturated heterocycles. The number of nitrogens with zero attached hydrogens (tertiary/aromatic N) is 1. The maximum atomic E-state index is 14.1. The van der Waals surface area contributed by atoms with Gasteiger partial charge in [0.2, 0.25) is 0 Å². The van der Waals surface area contributed by atoms with E-state index >= 15 is 0 Å². The summed E-state index contributed by atoms with van der Waals surface area (Å²) in [4.78, 5) is 16.0. The second-order valence-corrected chi connectivity index (χ2v) is 16.3. The van der Waals surface area contributed by atoms with Crippen molar-refractivity contribution in [3.63, 3.8) is 0 Å². The molecule has 3 rings (SSSR count). The smallest absolute Gasteiger partial charge is 0.311 e. The van der Waals surface area contributed by atoms with Crippen molar-refractivity contribution < 1.29 is 58.7 Å².